The molecule has 1 atom stereocenters. The van der Waals surface area contributed by atoms with Crippen LogP contribution in [-0.2, 0) is 0 Å². The highest BCUT2D eigenvalue weighted by Crippen LogP contribution is 2.24. The minimum absolute atomic E-state index is 0. The van der Waals surface area contributed by atoms with Crippen molar-refractivity contribution in [1.29, 1.82) is 0 Å². The third-order valence-corrected chi connectivity index (χ3v) is 4.35. The molecule has 2 heterocycles. The topological polar surface area (TPSA) is 54.0 Å². The van der Waals surface area contributed by atoms with Crippen molar-refractivity contribution in [3.8, 4) is 0 Å². The molecule has 0 radical (unpaired) electrons. The Bertz CT molecular complexity index is 680. The molecular weight excluding hydrogens is 369 g/mol. The highest BCUT2D eigenvalue weighted by atomic mass is 35.5. The minimum Gasteiger partial charge on any atom is -0.322 e. The molecule has 24 heavy (non-hydrogen) atoms. The van der Waals surface area contributed by atoms with Gasteiger partial charge in [0.05, 0.1) is 0 Å². The Hall–Kier alpha value is -1.33. The third kappa shape index (κ3) is 4.84. The SMILES string of the molecule is Cl.O=C(Nc1ccc(C2CCCNC2)cc1)c1cc(Cl)nc(Cl)c1. The van der Waals surface area contributed by atoms with Crippen LogP contribution in [0.2, 0.25) is 10.3 Å². The summed E-state index contributed by atoms with van der Waals surface area (Å²) in [6.45, 7) is 2.11. The van der Waals surface area contributed by atoms with Crippen LogP contribution >= 0.6 is 35.6 Å². The standard InChI is InChI=1S/C17H17Cl2N3O.ClH/c18-15-8-13(9-16(19)22-15)17(23)21-14-5-3-11(4-6-14)12-2-1-7-20-10-12;/h3-6,8-9,12,20H,1-2,7,10H2,(H,21,23);1H. The smallest absolute Gasteiger partial charge is 0.255 e. The van der Waals surface area contributed by atoms with Gasteiger partial charge in [-0.05, 0) is 55.1 Å². The number of benzene rings is 1. The quantitative estimate of drug-likeness (QED) is 0.762. The second-order valence-electron chi connectivity index (χ2n) is 5.62. The summed E-state index contributed by atoms with van der Waals surface area (Å²) < 4.78 is 0. The highest BCUT2D eigenvalue weighted by Gasteiger charge is 2.15. The average molecular weight is 387 g/mol. The normalized spacial score (nSPS) is 17.0. The van der Waals surface area contributed by atoms with Crippen LogP contribution in [0.3, 0.4) is 0 Å². The van der Waals surface area contributed by atoms with Crippen LogP contribution in [0.4, 0.5) is 5.69 Å². The first-order valence-corrected chi connectivity index (χ1v) is 8.32. The lowest BCUT2D eigenvalue weighted by molar-refractivity contribution is 0.102. The van der Waals surface area contributed by atoms with Crippen molar-refractivity contribution in [2.24, 2.45) is 0 Å². The first-order valence-electron chi connectivity index (χ1n) is 7.57. The van der Waals surface area contributed by atoms with Crippen LogP contribution < -0.4 is 10.6 Å². The van der Waals surface area contributed by atoms with Gasteiger partial charge in [-0.1, -0.05) is 35.3 Å². The van der Waals surface area contributed by atoms with Crippen LogP contribution in [-0.4, -0.2) is 24.0 Å². The van der Waals surface area contributed by atoms with Crippen molar-refractivity contribution >= 4 is 47.2 Å². The van der Waals surface area contributed by atoms with Crippen LogP contribution in [0.15, 0.2) is 36.4 Å². The van der Waals surface area contributed by atoms with E-state index >= 15 is 0 Å². The monoisotopic (exact) mass is 385 g/mol. The van der Waals surface area contributed by atoms with E-state index in [9.17, 15) is 4.79 Å². The van der Waals surface area contributed by atoms with Gasteiger partial charge in [-0.15, -0.1) is 12.4 Å². The molecule has 1 amide bonds. The predicted octanol–water partition coefficient (Wildman–Crippen LogP) is 4.53. The number of carbonyl (C=O) groups excluding carboxylic acids is 1. The first-order chi connectivity index (χ1) is 11.1. The number of carbonyl (C=O) groups is 1. The maximum absolute atomic E-state index is 12.2. The summed E-state index contributed by atoms with van der Waals surface area (Å²) in [6, 6.07) is 11.0. The zero-order valence-corrected chi connectivity index (χ0v) is 15.2. The van der Waals surface area contributed by atoms with Gasteiger partial charge in [-0.3, -0.25) is 4.79 Å². The third-order valence-electron chi connectivity index (χ3n) is 3.96. The first kappa shape index (κ1) is 19.0. The van der Waals surface area contributed by atoms with Crippen molar-refractivity contribution in [3.63, 3.8) is 0 Å². The summed E-state index contributed by atoms with van der Waals surface area (Å²) in [5.41, 5.74) is 2.42. The second-order valence-corrected chi connectivity index (χ2v) is 6.40. The highest BCUT2D eigenvalue weighted by molar-refractivity contribution is 6.33. The lowest BCUT2D eigenvalue weighted by Gasteiger charge is -2.23. The van der Waals surface area contributed by atoms with Gasteiger partial charge in [0.1, 0.15) is 10.3 Å². The molecule has 0 saturated carbocycles. The van der Waals surface area contributed by atoms with Crippen LogP contribution in [0.1, 0.15) is 34.7 Å². The van der Waals surface area contributed by atoms with Gasteiger partial charge >= 0.3 is 0 Å². The van der Waals surface area contributed by atoms with Crippen molar-refractivity contribution in [3.05, 3.63) is 57.8 Å². The molecule has 2 aromatic rings. The van der Waals surface area contributed by atoms with E-state index in [0.29, 0.717) is 11.5 Å². The molecule has 1 aliphatic rings. The van der Waals surface area contributed by atoms with E-state index < -0.39 is 0 Å². The number of hydrogen-bond donors (Lipinski definition) is 2. The molecule has 1 saturated heterocycles. The summed E-state index contributed by atoms with van der Waals surface area (Å²) in [6.07, 6.45) is 2.40. The largest absolute Gasteiger partial charge is 0.322 e. The molecule has 7 heteroatoms. The number of nitrogens with zero attached hydrogens (tertiary/aromatic N) is 1. The summed E-state index contributed by atoms with van der Waals surface area (Å²) >= 11 is 11.6. The van der Waals surface area contributed by atoms with E-state index in [2.05, 4.69) is 27.8 Å². The number of piperidine rings is 1. The molecule has 0 aliphatic carbocycles. The van der Waals surface area contributed by atoms with E-state index in [1.54, 1.807) is 0 Å². The molecule has 0 spiro atoms. The van der Waals surface area contributed by atoms with Crippen LogP contribution in [0, 0.1) is 0 Å². The van der Waals surface area contributed by atoms with Gasteiger partial charge in [-0.2, -0.15) is 0 Å². The zero-order chi connectivity index (χ0) is 16.2. The van der Waals surface area contributed by atoms with Crippen molar-refractivity contribution in [2.75, 3.05) is 18.4 Å². The molecule has 1 aromatic heterocycles. The van der Waals surface area contributed by atoms with Gasteiger partial charge in [-0.25, -0.2) is 4.98 Å². The Balaban J connectivity index is 0.00000208. The molecule has 0 bridgehead atoms. The van der Waals surface area contributed by atoms with Gasteiger partial charge in [0.25, 0.3) is 5.91 Å². The van der Waals surface area contributed by atoms with Gasteiger partial charge in [0, 0.05) is 17.8 Å². The zero-order valence-electron chi connectivity index (χ0n) is 12.9. The van der Waals surface area contributed by atoms with Crippen molar-refractivity contribution in [1.82, 2.24) is 10.3 Å². The summed E-state index contributed by atoms with van der Waals surface area (Å²) in [4.78, 5) is 16.1. The molecule has 4 nitrogen and oxygen atoms in total. The summed E-state index contributed by atoms with van der Waals surface area (Å²) in [5, 5.41) is 6.65. The lowest BCUT2D eigenvalue weighted by atomic mass is 9.91. The fraction of sp³-hybridized carbons (Fsp3) is 0.294. The van der Waals surface area contributed by atoms with E-state index in [-0.39, 0.29) is 28.6 Å². The van der Waals surface area contributed by atoms with Gasteiger partial charge in [0.15, 0.2) is 0 Å². The molecule has 1 aliphatic heterocycles. The Morgan fingerprint density at radius 3 is 2.42 bits per heavy atom. The number of aromatic nitrogens is 1. The predicted molar refractivity (Wildman–Crippen MR) is 101 cm³/mol. The van der Waals surface area contributed by atoms with E-state index in [1.807, 2.05) is 12.1 Å². The number of pyridine rings is 1. The van der Waals surface area contributed by atoms with Crippen LogP contribution in [0.25, 0.3) is 0 Å². The second kappa shape index (κ2) is 8.67. The maximum Gasteiger partial charge on any atom is 0.255 e. The number of halogens is 3. The number of amides is 1. The Kier molecular flexibility index (Phi) is 6.87. The summed E-state index contributed by atoms with van der Waals surface area (Å²) in [7, 11) is 0. The Labute approximate surface area is 157 Å². The summed E-state index contributed by atoms with van der Waals surface area (Å²) in [5.74, 6) is 0.287. The molecule has 1 fully saturated rings. The van der Waals surface area contributed by atoms with E-state index in [1.165, 1.54) is 30.5 Å². The number of hydrogen-bond acceptors (Lipinski definition) is 3. The fourth-order valence-corrected chi connectivity index (χ4v) is 3.23. The molecule has 2 N–H and O–H groups in total. The molecule has 1 aromatic carbocycles. The van der Waals surface area contributed by atoms with Crippen molar-refractivity contribution < 1.29 is 4.79 Å². The Morgan fingerprint density at radius 1 is 1.17 bits per heavy atom. The minimum atomic E-state index is -0.261. The Morgan fingerprint density at radius 2 is 1.83 bits per heavy atom. The van der Waals surface area contributed by atoms with E-state index in [0.717, 1.165) is 18.8 Å². The lowest BCUT2D eigenvalue weighted by Crippen LogP contribution is -2.28. The number of nitrogens with one attached hydrogen (secondary N) is 2. The molecule has 3 rings (SSSR count). The van der Waals surface area contributed by atoms with Crippen molar-refractivity contribution in [2.45, 2.75) is 18.8 Å². The molecular formula is C17H18Cl3N3O. The maximum atomic E-state index is 12.2. The fourth-order valence-electron chi connectivity index (χ4n) is 2.77. The number of rotatable bonds is 3. The van der Waals surface area contributed by atoms with E-state index in [4.69, 9.17) is 23.2 Å². The average Bonchev–Trinajstić information content (AvgIpc) is 2.55. The molecule has 1 unspecified atom stereocenters. The number of anilines is 1. The van der Waals surface area contributed by atoms with Gasteiger partial charge in [0.2, 0.25) is 0 Å². The van der Waals surface area contributed by atoms with Gasteiger partial charge < -0.3 is 10.6 Å². The molecule has 128 valence electrons. The van der Waals surface area contributed by atoms with Crippen LogP contribution in [0.5, 0.6) is 0 Å².